The number of carbonyl (C=O) groups excluding carboxylic acids is 3. The number of hydrogen-bond acceptors (Lipinski definition) is 5. The number of methoxy groups -OCH3 is 1. The van der Waals surface area contributed by atoms with Gasteiger partial charge in [-0.3, -0.25) is 14.4 Å². The molecule has 1 aliphatic heterocycles. The first-order valence-corrected chi connectivity index (χ1v) is 8.78. The molecule has 2 aliphatic rings. The molecule has 134 valence electrons. The number of anilines is 1. The number of carbonyl (C=O) groups is 3. The van der Waals surface area contributed by atoms with Crippen molar-refractivity contribution in [1.29, 1.82) is 0 Å². The predicted octanol–water partition coefficient (Wildman–Crippen LogP) is 1.49. The summed E-state index contributed by atoms with van der Waals surface area (Å²) in [7, 11) is 1.31. The Morgan fingerprint density at radius 2 is 1.72 bits per heavy atom. The van der Waals surface area contributed by atoms with E-state index in [4.69, 9.17) is 4.74 Å². The van der Waals surface area contributed by atoms with Gasteiger partial charge in [0, 0.05) is 44.7 Å². The van der Waals surface area contributed by atoms with Crippen molar-refractivity contribution in [1.82, 2.24) is 4.90 Å². The van der Waals surface area contributed by atoms with Gasteiger partial charge in [-0.2, -0.15) is 0 Å². The molecule has 25 heavy (non-hydrogen) atoms. The summed E-state index contributed by atoms with van der Waals surface area (Å²) in [5.74, 6) is -1.50. The van der Waals surface area contributed by atoms with E-state index in [1.165, 1.54) is 7.11 Å². The Kier molecular flexibility index (Phi) is 5.36. The van der Waals surface area contributed by atoms with Crippen molar-refractivity contribution in [3.05, 3.63) is 30.3 Å². The molecule has 0 N–H and O–H groups in total. The van der Waals surface area contributed by atoms with E-state index in [0.717, 1.165) is 18.8 Å². The number of nitrogens with zero attached hydrogens (tertiary/aromatic N) is 2. The minimum absolute atomic E-state index is 0.0180. The van der Waals surface area contributed by atoms with Gasteiger partial charge in [-0.1, -0.05) is 18.2 Å². The number of benzene rings is 1. The largest absolute Gasteiger partial charge is 0.469 e. The van der Waals surface area contributed by atoms with Crippen molar-refractivity contribution in [2.75, 3.05) is 38.2 Å². The summed E-state index contributed by atoms with van der Waals surface area (Å²) >= 11 is 0. The molecule has 6 heteroatoms. The molecule has 2 fully saturated rings. The number of ketones is 1. The Balaban J connectivity index is 1.63. The fraction of sp³-hybridized carbons (Fsp3) is 0.526. The van der Waals surface area contributed by atoms with Gasteiger partial charge in [-0.15, -0.1) is 0 Å². The van der Waals surface area contributed by atoms with Gasteiger partial charge in [-0.25, -0.2) is 0 Å². The summed E-state index contributed by atoms with van der Waals surface area (Å²) in [6.07, 6.45) is 0.928. The molecule has 0 spiro atoms. The van der Waals surface area contributed by atoms with E-state index < -0.39 is 17.8 Å². The second kappa shape index (κ2) is 7.68. The lowest BCUT2D eigenvalue weighted by atomic mass is 9.77. The SMILES string of the molecule is COC(=O)[C@H]1CC(=O)CC[C@@H]1C(=O)N1CCN(c2ccccc2)CC1. The van der Waals surface area contributed by atoms with Crippen molar-refractivity contribution < 1.29 is 19.1 Å². The molecular formula is C19H24N2O4. The molecule has 1 aromatic rings. The van der Waals surface area contributed by atoms with Crippen LogP contribution in [0, 0.1) is 11.8 Å². The van der Waals surface area contributed by atoms with E-state index in [2.05, 4.69) is 17.0 Å². The third-order valence-electron chi connectivity index (χ3n) is 5.20. The number of Topliss-reactive ketones (excluding diaryl/α,β-unsaturated/α-hetero) is 1. The van der Waals surface area contributed by atoms with Crippen molar-refractivity contribution in [2.45, 2.75) is 19.3 Å². The van der Waals surface area contributed by atoms with Crippen LogP contribution in [0.1, 0.15) is 19.3 Å². The topological polar surface area (TPSA) is 66.9 Å². The lowest BCUT2D eigenvalue weighted by molar-refractivity contribution is -0.156. The van der Waals surface area contributed by atoms with E-state index in [1.54, 1.807) is 0 Å². The first-order valence-electron chi connectivity index (χ1n) is 8.78. The van der Waals surface area contributed by atoms with E-state index in [1.807, 2.05) is 23.1 Å². The van der Waals surface area contributed by atoms with E-state index in [0.29, 0.717) is 25.9 Å². The van der Waals surface area contributed by atoms with Gasteiger partial charge in [0.15, 0.2) is 0 Å². The number of hydrogen-bond donors (Lipinski definition) is 0. The van der Waals surface area contributed by atoms with Gasteiger partial charge in [0.1, 0.15) is 5.78 Å². The fourth-order valence-electron chi connectivity index (χ4n) is 3.76. The molecule has 0 radical (unpaired) electrons. The predicted molar refractivity (Wildman–Crippen MR) is 93.1 cm³/mol. The van der Waals surface area contributed by atoms with Crippen LogP contribution in [0.4, 0.5) is 5.69 Å². The molecule has 0 aromatic heterocycles. The summed E-state index contributed by atoms with van der Waals surface area (Å²) in [5.41, 5.74) is 1.16. The lowest BCUT2D eigenvalue weighted by Crippen LogP contribution is -2.52. The highest BCUT2D eigenvalue weighted by atomic mass is 16.5. The molecule has 1 aliphatic carbocycles. The zero-order valence-electron chi connectivity index (χ0n) is 14.5. The molecular weight excluding hydrogens is 320 g/mol. The number of piperazine rings is 1. The second-order valence-electron chi connectivity index (χ2n) is 6.67. The first kappa shape index (κ1) is 17.5. The average Bonchev–Trinajstić information content (AvgIpc) is 2.67. The summed E-state index contributed by atoms with van der Waals surface area (Å²) < 4.78 is 4.81. The molecule has 0 bridgehead atoms. The number of amides is 1. The van der Waals surface area contributed by atoms with Gasteiger partial charge < -0.3 is 14.5 Å². The van der Waals surface area contributed by atoms with Crippen LogP contribution in [0.5, 0.6) is 0 Å². The Bertz CT molecular complexity index is 638. The average molecular weight is 344 g/mol. The van der Waals surface area contributed by atoms with Crippen molar-refractivity contribution in [3.63, 3.8) is 0 Å². The highest BCUT2D eigenvalue weighted by molar-refractivity contribution is 5.92. The zero-order valence-corrected chi connectivity index (χ0v) is 14.5. The third kappa shape index (κ3) is 3.83. The van der Waals surface area contributed by atoms with Crippen molar-refractivity contribution in [2.24, 2.45) is 11.8 Å². The molecule has 1 amide bonds. The van der Waals surface area contributed by atoms with E-state index >= 15 is 0 Å². The standard InChI is InChI=1S/C19H24N2O4/c1-25-19(24)17-13-15(22)7-8-16(17)18(23)21-11-9-20(10-12-21)14-5-3-2-4-6-14/h2-6,16-17H,7-13H2,1H3/t16-,17-/m0/s1. The van der Waals surface area contributed by atoms with Crippen LogP contribution in [0.2, 0.25) is 0 Å². The molecule has 1 saturated carbocycles. The summed E-state index contributed by atoms with van der Waals surface area (Å²) in [6, 6.07) is 10.1. The number of esters is 1. The van der Waals surface area contributed by atoms with Crippen LogP contribution in [-0.2, 0) is 19.1 Å². The quantitative estimate of drug-likeness (QED) is 0.777. The number of rotatable bonds is 3. The summed E-state index contributed by atoms with van der Waals surface area (Å²) in [6.45, 7) is 2.80. The molecule has 3 rings (SSSR count). The van der Waals surface area contributed by atoms with Gasteiger partial charge in [0.05, 0.1) is 18.9 Å². The van der Waals surface area contributed by atoms with Crippen LogP contribution in [0.25, 0.3) is 0 Å². The maximum absolute atomic E-state index is 12.9. The monoisotopic (exact) mass is 344 g/mol. The van der Waals surface area contributed by atoms with Crippen LogP contribution in [-0.4, -0.2) is 55.8 Å². The molecule has 1 aromatic carbocycles. The summed E-state index contributed by atoms with van der Waals surface area (Å²) in [5, 5.41) is 0. The van der Waals surface area contributed by atoms with Crippen LogP contribution < -0.4 is 4.90 Å². The Morgan fingerprint density at radius 1 is 1.04 bits per heavy atom. The van der Waals surface area contributed by atoms with Crippen molar-refractivity contribution in [3.8, 4) is 0 Å². The minimum atomic E-state index is -0.633. The maximum Gasteiger partial charge on any atom is 0.309 e. The van der Waals surface area contributed by atoms with Crippen LogP contribution in [0.3, 0.4) is 0 Å². The first-order chi connectivity index (χ1) is 12.1. The maximum atomic E-state index is 12.9. The lowest BCUT2D eigenvalue weighted by Gasteiger charge is -2.39. The molecule has 0 unspecified atom stereocenters. The normalized spacial score (nSPS) is 24.1. The molecule has 1 saturated heterocycles. The van der Waals surface area contributed by atoms with Gasteiger partial charge in [0.2, 0.25) is 5.91 Å². The highest BCUT2D eigenvalue weighted by Gasteiger charge is 2.41. The molecule has 2 atom stereocenters. The minimum Gasteiger partial charge on any atom is -0.469 e. The van der Waals surface area contributed by atoms with Crippen LogP contribution >= 0.6 is 0 Å². The smallest absolute Gasteiger partial charge is 0.309 e. The van der Waals surface area contributed by atoms with Crippen LogP contribution in [0.15, 0.2) is 30.3 Å². The Hall–Kier alpha value is -2.37. The van der Waals surface area contributed by atoms with Gasteiger partial charge in [-0.05, 0) is 18.6 Å². The van der Waals surface area contributed by atoms with Gasteiger partial charge in [0.25, 0.3) is 0 Å². The third-order valence-corrected chi connectivity index (χ3v) is 5.20. The molecule has 1 heterocycles. The van der Waals surface area contributed by atoms with Gasteiger partial charge >= 0.3 is 5.97 Å². The van der Waals surface area contributed by atoms with E-state index in [-0.39, 0.29) is 18.1 Å². The Morgan fingerprint density at radius 3 is 2.36 bits per heavy atom. The highest BCUT2D eigenvalue weighted by Crippen LogP contribution is 2.31. The molecule has 6 nitrogen and oxygen atoms in total. The number of ether oxygens (including phenoxy) is 1. The fourth-order valence-corrected chi connectivity index (χ4v) is 3.76. The van der Waals surface area contributed by atoms with E-state index in [9.17, 15) is 14.4 Å². The summed E-state index contributed by atoms with van der Waals surface area (Å²) in [4.78, 5) is 40.7. The van der Waals surface area contributed by atoms with Crippen molar-refractivity contribution >= 4 is 23.3 Å². The second-order valence-corrected chi connectivity index (χ2v) is 6.67. The zero-order chi connectivity index (χ0) is 17.8. The Labute approximate surface area is 147 Å². The number of para-hydroxylation sites is 1.